The second-order valence-corrected chi connectivity index (χ2v) is 9.08. The summed E-state index contributed by atoms with van der Waals surface area (Å²) in [5, 5.41) is 2.80. The Bertz CT molecular complexity index is 779. The molecule has 1 atom stereocenters. The monoisotopic (exact) mass is 366 g/mol. The van der Waals surface area contributed by atoms with Gasteiger partial charge in [0.25, 0.3) is 10.0 Å². The highest BCUT2D eigenvalue weighted by Gasteiger charge is 2.32. The van der Waals surface area contributed by atoms with Crippen LogP contribution in [0.25, 0.3) is 0 Å². The average Bonchev–Trinajstić information content (AvgIpc) is 2.74. The van der Waals surface area contributed by atoms with Crippen LogP contribution in [-0.2, 0) is 14.8 Å². The van der Waals surface area contributed by atoms with Crippen LogP contribution in [0, 0.1) is 5.92 Å². The lowest BCUT2D eigenvalue weighted by molar-refractivity contribution is -0.122. The quantitative estimate of drug-likeness (QED) is 0.697. The topological polar surface area (TPSA) is 114 Å². The molecule has 1 unspecified atom stereocenters. The Morgan fingerprint density at radius 2 is 1.96 bits per heavy atom. The van der Waals surface area contributed by atoms with Gasteiger partial charge in [0.05, 0.1) is 4.90 Å². The number of hydrogen-bond donors (Lipinski definition) is 3. The fourth-order valence-corrected chi connectivity index (χ4v) is 3.72. The first-order valence-corrected chi connectivity index (χ1v) is 9.74. The molecule has 0 fully saturated rings. The van der Waals surface area contributed by atoms with Crippen molar-refractivity contribution < 1.29 is 13.2 Å². The fraction of sp³-hybridized carbons (Fsp3) is 0.529. The van der Waals surface area contributed by atoms with Crippen molar-refractivity contribution in [1.29, 1.82) is 0 Å². The zero-order valence-corrected chi connectivity index (χ0v) is 15.9. The largest absolute Gasteiger partial charge is 0.352 e. The third kappa shape index (κ3) is 5.02. The highest BCUT2D eigenvalue weighted by molar-refractivity contribution is 7.90. The summed E-state index contributed by atoms with van der Waals surface area (Å²) in [5.74, 6) is 0.172. The zero-order valence-electron chi connectivity index (χ0n) is 15.0. The molecule has 4 N–H and O–H groups in total. The van der Waals surface area contributed by atoms with Gasteiger partial charge in [-0.05, 0) is 38.3 Å². The number of amides is 1. The maximum absolute atomic E-state index is 12.5. The number of hydrogen-bond acceptors (Lipinski definition) is 5. The highest BCUT2D eigenvalue weighted by atomic mass is 32.2. The van der Waals surface area contributed by atoms with E-state index in [-0.39, 0.29) is 22.6 Å². The predicted octanol–water partition coefficient (Wildman–Crippen LogP) is 0.993. The lowest BCUT2D eigenvalue weighted by Gasteiger charge is -2.21. The van der Waals surface area contributed by atoms with Crippen LogP contribution in [0.1, 0.15) is 39.7 Å². The van der Waals surface area contributed by atoms with E-state index >= 15 is 0 Å². The van der Waals surface area contributed by atoms with Crippen molar-refractivity contribution in [3.05, 3.63) is 29.8 Å². The number of sulfonamides is 1. The normalized spacial score (nSPS) is 18.7. The van der Waals surface area contributed by atoms with Crippen molar-refractivity contribution in [2.75, 3.05) is 6.54 Å². The number of carbonyl (C=O) groups excluding carboxylic acids is 1. The molecular formula is C17H26N4O3S. The Morgan fingerprint density at radius 3 is 2.56 bits per heavy atom. The number of nitrogens with two attached hydrogens (primary N) is 1. The number of aliphatic imine (C=N–C) groups is 1. The van der Waals surface area contributed by atoms with Crippen LogP contribution in [-0.4, -0.2) is 38.3 Å². The molecule has 1 amide bonds. The van der Waals surface area contributed by atoms with Gasteiger partial charge < -0.3 is 11.1 Å². The Balaban J connectivity index is 2.31. The summed E-state index contributed by atoms with van der Waals surface area (Å²) in [7, 11) is -3.62. The highest BCUT2D eigenvalue weighted by Crippen LogP contribution is 2.23. The Kier molecular flexibility index (Phi) is 5.53. The van der Waals surface area contributed by atoms with Crippen LogP contribution in [0.4, 0.5) is 0 Å². The van der Waals surface area contributed by atoms with Gasteiger partial charge in [-0.3, -0.25) is 14.5 Å². The fourth-order valence-electron chi connectivity index (χ4n) is 2.48. The van der Waals surface area contributed by atoms with E-state index in [1.807, 2.05) is 27.7 Å². The number of nitrogens with zero attached hydrogens (tertiary/aromatic N) is 1. The molecule has 8 heteroatoms. The molecule has 0 saturated carbocycles. The number of benzene rings is 1. The van der Waals surface area contributed by atoms with Crippen LogP contribution >= 0.6 is 0 Å². The van der Waals surface area contributed by atoms with Gasteiger partial charge in [0.1, 0.15) is 11.9 Å². The number of fused-ring (bicyclic) bond motifs is 1. The van der Waals surface area contributed by atoms with Gasteiger partial charge in [-0.25, -0.2) is 8.42 Å². The third-order valence-electron chi connectivity index (χ3n) is 3.66. The summed E-state index contributed by atoms with van der Waals surface area (Å²) in [6.45, 7) is 7.92. The van der Waals surface area contributed by atoms with E-state index in [0.717, 1.165) is 0 Å². The number of nitrogens with one attached hydrogen (secondary N) is 2. The third-order valence-corrected chi connectivity index (χ3v) is 5.06. The van der Waals surface area contributed by atoms with E-state index in [4.69, 9.17) is 5.73 Å². The minimum absolute atomic E-state index is 0.181. The lowest BCUT2D eigenvalue weighted by Crippen LogP contribution is -2.47. The minimum atomic E-state index is -3.62. The second-order valence-electron chi connectivity index (χ2n) is 7.43. The molecule has 1 heterocycles. The van der Waals surface area contributed by atoms with Crippen molar-refractivity contribution in [2.24, 2.45) is 16.6 Å². The Labute approximate surface area is 149 Å². The Morgan fingerprint density at radius 1 is 1.32 bits per heavy atom. The molecular weight excluding hydrogens is 340 g/mol. The van der Waals surface area contributed by atoms with Crippen molar-refractivity contribution in [3.63, 3.8) is 0 Å². The molecule has 138 valence electrons. The van der Waals surface area contributed by atoms with Gasteiger partial charge in [0.2, 0.25) is 5.91 Å². The van der Waals surface area contributed by atoms with Crippen LogP contribution in [0.3, 0.4) is 0 Å². The summed E-state index contributed by atoms with van der Waals surface area (Å²) >= 11 is 0. The molecule has 0 spiro atoms. The van der Waals surface area contributed by atoms with Gasteiger partial charge in [-0.1, -0.05) is 26.0 Å². The summed E-state index contributed by atoms with van der Waals surface area (Å²) in [5.41, 5.74) is 5.86. The lowest BCUT2D eigenvalue weighted by atomic mass is 10.0. The van der Waals surface area contributed by atoms with Gasteiger partial charge in [0.15, 0.2) is 0 Å². The zero-order chi connectivity index (χ0) is 18.8. The molecule has 0 radical (unpaired) electrons. The van der Waals surface area contributed by atoms with Crippen LogP contribution in [0.2, 0.25) is 0 Å². The van der Waals surface area contributed by atoms with E-state index in [1.165, 1.54) is 6.07 Å². The summed E-state index contributed by atoms with van der Waals surface area (Å²) in [6.07, 6.45) is 0.504. The van der Waals surface area contributed by atoms with Crippen LogP contribution < -0.4 is 15.8 Å². The van der Waals surface area contributed by atoms with Crippen molar-refractivity contribution >= 4 is 21.8 Å². The SMILES string of the molecule is CC(C)CC(N=C1NS(=O)(=O)c2ccccc21)C(=O)NCC(C)(C)N. The summed E-state index contributed by atoms with van der Waals surface area (Å²) < 4.78 is 26.8. The molecule has 0 aromatic heterocycles. The maximum atomic E-state index is 12.5. The smallest absolute Gasteiger partial charge is 0.263 e. The predicted molar refractivity (Wildman–Crippen MR) is 97.8 cm³/mol. The molecule has 1 aromatic rings. The van der Waals surface area contributed by atoms with Gasteiger partial charge >= 0.3 is 0 Å². The van der Waals surface area contributed by atoms with Crippen molar-refractivity contribution in [1.82, 2.24) is 10.0 Å². The molecule has 7 nitrogen and oxygen atoms in total. The van der Waals surface area contributed by atoms with Crippen LogP contribution in [0.15, 0.2) is 34.2 Å². The molecule has 1 aromatic carbocycles. The second kappa shape index (κ2) is 7.13. The van der Waals surface area contributed by atoms with Crippen LogP contribution in [0.5, 0.6) is 0 Å². The molecule has 1 aliphatic heterocycles. The first-order valence-electron chi connectivity index (χ1n) is 8.26. The number of carbonyl (C=O) groups is 1. The van der Waals surface area contributed by atoms with E-state index < -0.39 is 21.6 Å². The van der Waals surface area contributed by atoms with Gasteiger partial charge in [0, 0.05) is 17.6 Å². The van der Waals surface area contributed by atoms with Crippen molar-refractivity contribution in [2.45, 2.75) is 50.6 Å². The van der Waals surface area contributed by atoms with E-state index in [1.54, 1.807) is 18.2 Å². The first kappa shape index (κ1) is 19.4. The first-order chi connectivity index (χ1) is 11.5. The molecule has 1 aliphatic rings. The van der Waals surface area contributed by atoms with E-state index in [0.29, 0.717) is 18.5 Å². The van der Waals surface area contributed by atoms with Gasteiger partial charge in [-0.2, -0.15) is 0 Å². The number of amidine groups is 1. The Hall–Kier alpha value is -1.93. The summed E-state index contributed by atoms with van der Waals surface area (Å²) in [4.78, 5) is 17.1. The molecule has 2 rings (SSSR count). The average molecular weight is 366 g/mol. The molecule has 0 aliphatic carbocycles. The van der Waals surface area contributed by atoms with E-state index in [9.17, 15) is 13.2 Å². The molecule has 0 bridgehead atoms. The standard InChI is InChI=1S/C17H26N4O3S/c1-11(2)9-13(16(22)19-10-17(3,4)18)20-15-12-7-5-6-8-14(12)25(23,24)21-15/h5-8,11,13H,9-10,18H2,1-4H3,(H,19,22)(H,20,21). The summed E-state index contributed by atoms with van der Waals surface area (Å²) in [6, 6.07) is 5.91. The maximum Gasteiger partial charge on any atom is 0.263 e. The van der Waals surface area contributed by atoms with Crippen molar-refractivity contribution in [3.8, 4) is 0 Å². The minimum Gasteiger partial charge on any atom is -0.352 e. The van der Waals surface area contributed by atoms with Gasteiger partial charge in [-0.15, -0.1) is 0 Å². The molecule has 25 heavy (non-hydrogen) atoms. The van der Waals surface area contributed by atoms with E-state index in [2.05, 4.69) is 15.0 Å². The number of rotatable bonds is 6. The molecule has 0 saturated heterocycles.